The van der Waals surface area contributed by atoms with Crippen LogP contribution in [0.5, 0.6) is 0 Å². The molecule has 0 aromatic rings. The average molecular weight is 229 g/mol. The quantitative estimate of drug-likeness (QED) is 0.746. The normalized spacial score (nSPS) is 19.6. The topological polar surface area (TPSA) is 55.4 Å². The monoisotopic (exact) mass is 229 g/mol. The third-order valence-electron chi connectivity index (χ3n) is 2.14. The van der Waals surface area contributed by atoms with Gasteiger partial charge in [-0.3, -0.25) is 4.79 Å². The van der Waals surface area contributed by atoms with Gasteiger partial charge in [-0.2, -0.15) is 0 Å². The maximum Gasteiger partial charge on any atom is 0.293 e. The van der Waals surface area contributed by atoms with Crippen LogP contribution < -0.4 is 5.32 Å². The highest BCUT2D eigenvalue weighted by Gasteiger charge is 2.15. The highest BCUT2D eigenvalue weighted by atomic mass is 16.5. The Kier molecular flexibility index (Phi) is 6.97. The molecule has 0 saturated carbocycles. The van der Waals surface area contributed by atoms with Gasteiger partial charge in [0.1, 0.15) is 11.4 Å². The molecule has 1 unspecified atom stereocenters. The van der Waals surface area contributed by atoms with Gasteiger partial charge >= 0.3 is 0 Å². The third kappa shape index (κ3) is 9.65. The highest BCUT2D eigenvalue weighted by molar-refractivity contribution is 5.75. The number of rotatable bonds is 3. The van der Waals surface area contributed by atoms with E-state index in [1.807, 2.05) is 20.8 Å². The molecule has 0 radical (unpaired) electrons. The largest absolute Gasteiger partial charge is 0.462 e. The van der Waals surface area contributed by atoms with Crippen molar-refractivity contribution in [1.82, 2.24) is 5.32 Å². The molecule has 0 aliphatic carbocycles. The lowest BCUT2D eigenvalue weighted by atomic mass is 10.0. The van der Waals surface area contributed by atoms with Crippen molar-refractivity contribution >= 4 is 12.3 Å². The smallest absolute Gasteiger partial charge is 0.293 e. The molecule has 4 heteroatoms. The van der Waals surface area contributed by atoms with Gasteiger partial charge in [0, 0.05) is 6.42 Å². The van der Waals surface area contributed by atoms with Gasteiger partial charge in [0.15, 0.2) is 0 Å². The van der Waals surface area contributed by atoms with Crippen molar-refractivity contribution in [3.8, 4) is 0 Å². The molecule has 1 fully saturated rings. The summed E-state index contributed by atoms with van der Waals surface area (Å²) in [6.07, 6.45) is 1.95. The number of ether oxygens (including phenoxy) is 1. The number of hydrogen-bond acceptors (Lipinski definition) is 4. The van der Waals surface area contributed by atoms with Crippen LogP contribution in [0.4, 0.5) is 0 Å². The molecule has 1 aliphatic rings. The molecule has 0 bridgehead atoms. The molecule has 1 saturated heterocycles. The molecule has 16 heavy (non-hydrogen) atoms. The van der Waals surface area contributed by atoms with E-state index in [2.05, 4.69) is 10.1 Å². The predicted molar refractivity (Wildman–Crippen MR) is 63.2 cm³/mol. The molecule has 94 valence electrons. The van der Waals surface area contributed by atoms with E-state index >= 15 is 0 Å². The van der Waals surface area contributed by atoms with Crippen LogP contribution in [0.25, 0.3) is 0 Å². The minimum atomic E-state index is -0.318. The zero-order valence-electron chi connectivity index (χ0n) is 10.7. The predicted octanol–water partition coefficient (Wildman–Crippen LogP) is 1.53. The second-order valence-electron chi connectivity index (χ2n) is 5.09. The average Bonchev–Trinajstić information content (AvgIpc) is 2.54. The molecule has 0 aromatic carbocycles. The summed E-state index contributed by atoms with van der Waals surface area (Å²) >= 11 is 0. The van der Waals surface area contributed by atoms with Gasteiger partial charge in [-0.05, 0) is 53.1 Å². The molecule has 0 spiro atoms. The van der Waals surface area contributed by atoms with Gasteiger partial charge in [-0.1, -0.05) is 0 Å². The zero-order valence-corrected chi connectivity index (χ0v) is 10.7. The number of nitrogens with one attached hydrogen (secondary N) is 1. The number of carbonyl (C=O) groups excluding carboxylic acids is 2. The lowest BCUT2D eigenvalue weighted by Crippen LogP contribution is -2.17. The van der Waals surface area contributed by atoms with Gasteiger partial charge in [0.25, 0.3) is 6.47 Å². The van der Waals surface area contributed by atoms with Crippen molar-refractivity contribution in [3.63, 3.8) is 0 Å². The summed E-state index contributed by atoms with van der Waals surface area (Å²) in [5, 5.41) is 3.23. The Hall–Kier alpha value is -0.900. The second kappa shape index (κ2) is 7.39. The van der Waals surface area contributed by atoms with E-state index in [9.17, 15) is 9.59 Å². The number of ketones is 1. The van der Waals surface area contributed by atoms with Crippen LogP contribution in [0.1, 0.15) is 40.5 Å². The second-order valence-corrected chi connectivity index (χ2v) is 5.09. The first-order valence-corrected chi connectivity index (χ1v) is 5.67. The summed E-state index contributed by atoms with van der Waals surface area (Å²) in [7, 11) is 0. The van der Waals surface area contributed by atoms with Crippen LogP contribution in [0.3, 0.4) is 0 Å². The fourth-order valence-electron chi connectivity index (χ4n) is 1.44. The van der Waals surface area contributed by atoms with Crippen LogP contribution in [0.2, 0.25) is 0 Å². The van der Waals surface area contributed by atoms with Crippen molar-refractivity contribution in [1.29, 1.82) is 0 Å². The molecule has 1 rings (SSSR count). The SMILES string of the molecule is CC(=O)CC1CCNC1.CC(C)(C)OC=O. The molecule has 0 amide bonds. The Balaban J connectivity index is 0.000000293. The van der Waals surface area contributed by atoms with Crippen LogP contribution in [0, 0.1) is 5.92 Å². The zero-order chi connectivity index (χ0) is 12.6. The minimum Gasteiger partial charge on any atom is -0.462 e. The van der Waals surface area contributed by atoms with Crippen LogP contribution in [-0.2, 0) is 14.3 Å². The number of Topliss-reactive ketones (excluding diaryl/α,β-unsaturated/α-hetero) is 1. The van der Waals surface area contributed by atoms with Gasteiger partial charge < -0.3 is 14.8 Å². The third-order valence-corrected chi connectivity index (χ3v) is 2.14. The summed E-state index contributed by atoms with van der Waals surface area (Å²) in [5.41, 5.74) is -0.318. The summed E-state index contributed by atoms with van der Waals surface area (Å²) in [5.74, 6) is 0.950. The summed E-state index contributed by atoms with van der Waals surface area (Å²) in [4.78, 5) is 20.2. The van der Waals surface area contributed by atoms with Gasteiger partial charge in [-0.15, -0.1) is 0 Å². The highest BCUT2D eigenvalue weighted by Crippen LogP contribution is 2.11. The molecular formula is C12H23NO3. The van der Waals surface area contributed by atoms with E-state index < -0.39 is 0 Å². The maximum absolute atomic E-state index is 10.6. The summed E-state index contributed by atoms with van der Waals surface area (Å²) in [6, 6.07) is 0. The van der Waals surface area contributed by atoms with Crippen LogP contribution in [0.15, 0.2) is 0 Å². The molecular weight excluding hydrogens is 206 g/mol. The Labute approximate surface area is 97.7 Å². The van der Waals surface area contributed by atoms with E-state index in [4.69, 9.17) is 0 Å². The fourth-order valence-corrected chi connectivity index (χ4v) is 1.44. The minimum absolute atomic E-state index is 0.318. The number of hydrogen-bond donors (Lipinski definition) is 1. The Morgan fingerprint density at radius 2 is 2.12 bits per heavy atom. The summed E-state index contributed by atoms with van der Waals surface area (Å²) in [6.45, 7) is 9.72. The van der Waals surface area contributed by atoms with Gasteiger partial charge in [0.2, 0.25) is 0 Å². The molecule has 1 aliphatic heterocycles. The first kappa shape index (κ1) is 15.1. The molecule has 0 aromatic heterocycles. The van der Waals surface area contributed by atoms with E-state index in [1.54, 1.807) is 6.92 Å². The van der Waals surface area contributed by atoms with Crippen molar-refractivity contribution in [2.24, 2.45) is 5.92 Å². The Morgan fingerprint density at radius 1 is 1.50 bits per heavy atom. The van der Waals surface area contributed by atoms with E-state index in [0.717, 1.165) is 19.5 Å². The van der Waals surface area contributed by atoms with Crippen LogP contribution >= 0.6 is 0 Å². The standard InChI is InChI=1S/C7H13NO.C5H10O2/c1-6(9)4-7-2-3-8-5-7;1-5(2,3)7-4-6/h7-8H,2-5H2,1H3;4H,1-3H3. The maximum atomic E-state index is 10.6. The van der Waals surface area contributed by atoms with Crippen molar-refractivity contribution in [2.45, 2.75) is 46.1 Å². The first-order valence-electron chi connectivity index (χ1n) is 5.67. The molecule has 1 heterocycles. The molecule has 1 N–H and O–H groups in total. The molecule has 4 nitrogen and oxygen atoms in total. The van der Waals surface area contributed by atoms with E-state index in [-0.39, 0.29) is 5.60 Å². The van der Waals surface area contributed by atoms with E-state index in [0.29, 0.717) is 18.2 Å². The van der Waals surface area contributed by atoms with Crippen molar-refractivity contribution < 1.29 is 14.3 Å². The first-order chi connectivity index (χ1) is 7.35. The van der Waals surface area contributed by atoms with Gasteiger partial charge in [0.05, 0.1) is 0 Å². The lowest BCUT2D eigenvalue weighted by Gasteiger charge is -2.14. The number of carbonyl (C=O) groups is 2. The van der Waals surface area contributed by atoms with Gasteiger partial charge in [-0.25, -0.2) is 0 Å². The van der Waals surface area contributed by atoms with Crippen molar-refractivity contribution in [2.75, 3.05) is 13.1 Å². The van der Waals surface area contributed by atoms with Crippen LogP contribution in [-0.4, -0.2) is 30.9 Å². The fraction of sp³-hybridized carbons (Fsp3) is 0.833. The lowest BCUT2D eigenvalue weighted by molar-refractivity contribution is -0.138. The molecule has 1 atom stereocenters. The Bertz CT molecular complexity index is 215. The summed E-state index contributed by atoms with van der Waals surface area (Å²) < 4.78 is 4.55. The Morgan fingerprint density at radius 3 is 2.38 bits per heavy atom. The van der Waals surface area contributed by atoms with Crippen molar-refractivity contribution in [3.05, 3.63) is 0 Å². The van der Waals surface area contributed by atoms with E-state index in [1.165, 1.54) is 6.42 Å².